The summed E-state index contributed by atoms with van der Waals surface area (Å²) in [6.07, 6.45) is 12.3. The number of anilines is 1. The number of nitrogens with one attached hydrogen (secondary N) is 1. The van der Waals surface area contributed by atoms with Crippen molar-refractivity contribution in [1.29, 1.82) is 0 Å². The summed E-state index contributed by atoms with van der Waals surface area (Å²) in [5.41, 5.74) is -0.250. The molecule has 360 valence electrons. The van der Waals surface area contributed by atoms with Crippen molar-refractivity contribution in [2.24, 2.45) is 34.7 Å². The number of aliphatic hydroxyl groups is 2. The topological polar surface area (TPSA) is 220 Å². The number of carbonyl (C=O) groups excluding carboxylic acids is 3. The number of fused-ring (bicyclic) bond motifs is 17. The lowest BCUT2D eigenvalue weighted by atomic mass is 9.76. The molecular weight excluding hydrogens is 849 g/mol. The fourth-order valence-electron chi connectivity index (χ4n) is 11.0. The standard InChI is InChI=1S/C50H68N4O12/c1-25-13-12-14-26(2)49(62)52-40-34(23-51-53-20-21-54-33(24-53)18-17-32-15-10-11-16-35(32)54)44(59)37-38(45(40)60)43(58)30(6)47-39(37)48(61)50(8,66-47)64-22-19-36(63-9)27(3)46(65-31(7)55)29(5)42(57)28(4)41(25)56/h12-14,19,22-23,25,27-29,32-33,35-36,41-42,46,56-60H,10-11,15-18,20-21,24H2,1-9H3,(H,52,62)/b13-12+,22-19+,26-14-,51-23+/t25-,27+,28+,29+,32?,33?,35?,36-,41-,42+,46+,50-/m0/s1. The number of piperazine rings is 1. The van der Waals surface area contributed by atoms with Gasteiger partial charge in [-0.3, -0.25) is 24.3 Å². The van der Waals surface area contributed by atoms with E-state index in [1.807, 2.05) is 5.01 Å². The normalized spacial score (nSPS) is 35.3. The van der Waals surface area contributed by atoms with Crippen LogP contribution >= 0.6 is 0 Å². The predicted molar refractivity (Wildman–Crippen MR) is 248 cm³/mol. The van der Waals surface area contributed by atoms with Crippen molar-refractivity contribution in [3.05, 3.63) is 52.8 Å². The molecule has 2 aromatic rings. The molecule has 1 amide bonds. The van der Waals surface area contributed by atoms with Crippen LogP contribution in [-0.4, -0.2) is 128 Å². The number of aliphatic hydroxyl groups excluding tert-OH is 2. The maximum absolute atomic E-state index is 14.6. The first kappa shape index (κ1) is 48.8. The Kier molecular flexibility index (Phi) is 14.5. The number of esters is 1. The SMILES string of the molecule is CO[C@H]1/C=C/O[C@@]2(C)Oc3c(C)c(O)c4c(O)c(c(/C=N/N5CCN6C(CCC7CCCCC76)C5)c(O)c4c3C2=O)NC(=O)/C(C)=C\C=C\[C@H](C)[C@H](O)[C@@H](C)[C@@H](O)[C@@H](C)[C@H](OC(C)=O)[C@@H]1C. The molecule has 3 unspecified atom stereocenters. The Balaban J connectivity index is 1.33. The third-order valence-electron chi connectivity index (χ3n) is 15.1. The number of methoxy groups -OCH3 is 1. The number of rotatable bonds is 4. The number of nitrogens with zero attached hydrogens (tertiary/aromatic N) is 3. The molecule has 16 heteroatoms. The molecule has 0 radical (unpaired) electrons. The van der Waals surface area contributed by atoms with Crippen molar-refractivity contribution >= 4 is 40.3 Å². The van der Waals surface area contributed by atoms with Gasteiger partial charge in [0.2, 0.25) is 0 Å². The molecule has 12 atom stereocenters. The molecular formula is C50H68N4O12. The molecule has 0 spiro atoms. The Morgan fingerprint density at radius 2 is 1.65 bits per heavy atom. The van der Waals surface area contributed by atoms with Gasteiger partial charge in [0.25, 0.3) is 11.7 Å². The average molecular weight is 917 g/mol. The van der Waals surface area contributed by atoms with E-state index in [0.717, 1.165) is 18.9 Å². The summed E-state index contributed by atoms with van der Waals surface area (Å²) < 4.78 is 23.8. The van der Waals surface area contributed by atoms with Crippen molar-refractivity contribution in [2.75, 3.05) is 32.1 Å². The highest BCUT2D eigenvalue weighted by molar-refractivity contribution is 6.23. The monoisotopic (exact) mass is 916 g/mol. The number of hydrogen-bond donors (Lipinski definition) is 6. The van der Waals surface area contributed by atoms with Crippen molar-refractivity contribution in [2.45, 2.75) is 136 Å². The van der Waals surface area contributed by atoms with Gasteiger partial charge in [-0.25, -0.2) is 0 Å². The average Bonchev–Trinajstić information content (AvgIpc) is 3.56. The second kappa shape index (κ2) is 19.6. The van der Waals surface area contributed by atoms with E-state index >= 15 is 0 Å². The summed E-state index contributed by atoms with van der Waals surface area (Å²) in [5.74, 6) is -7.51. The summed E-state index contributed by atoms with van der Waals surface area (Å²) in [6.45, 7) is 14.7. The van der Waals surface area contributed by atoms with Crippen LogP contribution < -0.4 is 10.1 Å². The number of ketones is 1. The third kappa shape index (κ3) is 9.13. The van der Waals surface area contributed by atoms with E-state index < -0.39 is 88.8 Å². The molecule has 5 heterocycles. The molecule has 0 aromatic heterocycles. The minimum Gasteiger partial charge on any atom is -0.507 e. The number of allylic oxidation sites excluding steroid dienone is 2. The third-order valence-corrected chi connectivity index (χ3v) is 15.1. The van der Waals surface area contributed by atoms with Gasteiger partial charge in [-0.05, 0) is 51.5 Å². The Morgan fingerprint density at radius 1 is 0.924 bits per heavy atom. The van der Waals surface area contributed by atoms with E-state index in [1.54, 1.807) is 46.8 Å². The number of phenols is 3. The molecule has 8 rings (SSSR count). The van der Waals surface area contributed by atoms with Crippen LogP contribution in [0.5, 0.6) is 23.0 Å². The number of phenolic OH excluding ortho intramolecular Hbond substituents is 3. The van der Waals surface area contributed by atoms with Crippen LogP contribution in [0.25, 0.3) is 10.8 Å². The number of ether oxygens (including phenoxy) is 4. The van der Waals surface area contributed by atoms with E-state index in [2.05, 4.69) is 10.2 Å². The van der Waals surface area contributed by atoms with Gasteiger partial charge >= 0.3 is 11.8 Å². The molecule has 2 aromatic carbocycles. The van der Waals surface area contributed by atoms with Crippen LogP contribution in [0, 0.1) is 36.5 Å². The maximum atomic E-state index is 14.6. The lowest BCUT2D eigenvalue weighted by molar-refractivity contribution is -0.160. The molecule has 6 aliphatic rings. The molecule has 1 saturated carbocycles. The van der Waals surface area contributed by atoms with Crippen molar-refractivity contribution in [3.63, 3.8) is 0 Å². The van der Waals surface area contributed by atoms with Crippen LogP contribution in [0.1, 0.15) is 108 Å². The zero-order valence-corrected chi connectivity index (χ0v) is 39.6. The highest BCUT2D eigenvalue weighted by atomic mass is 16.7. The van der Waals surface area contributed by atoms with Crippen LogP contribution in [0.4, 0.5) is 5.69 Å². The van der Waals surface area contributed by atoms with Gasteiger partial charge < -0.3 is 49.8 Å². The fraction of sp³-hybridized carbons (Fsp3) is 0.600. The second-order valence-electron chi connectivity index (χ2n) is 19.4. The number of hydrogen-bond acceptors (Lipinski definition) is 15. The zero-order chi connectivity index (χ0) is 47.9. The Bertz CT molecular complexity index is 2330. The number of piperidine rings is 1. The zero-order valence-electron chi connectivity index (χ0n) is 39.6. The van der Waals surface area contributed by atoms with E-state index in [9.17, 15) is 39.9 Å². The number of Topliss-reactive ketones (excluding diaryl/α,β-unsaturated/α-hetero) is 1. The second-order valence-corrected chi connectivity index (χ2v) is 19.4. The van der Waals surface area contributed by atoms with Crippen LogP contribution in [0.2, 0.25) is 0 Å². The first-order valence-corrected chi connectivity index (χ1v) is 23.4. The number of carbonyl (C=O) groups is 3. The smallest absolute Gasteiger partial charge is 0.312 e. The van der Waals surface area contributed by atoms with Gasteiger partial charge in [0.05, 0.1) is 59.5 Å². The highest BCUT2D eigenvalue weighted by Crippen LogP contribution is 2.55. The van der Waals surface area contributed by atoms with Crippen molar-refractivity contribution < 1.29 is 58.9 Å². The Hall–Kier alpha value is -5.16. The van der Waals surface area contributed by atoms with Gasteiger partial charge in [-0.15, -0.1) is 0 Å². The first-order valence-electron chi connectivity index (χ1n) is 23.4. The molecule has 2 saturated heterocycles. The minimum atomic E-state index is -2.05. The highest BCUT2D eigenvalue weighted by Gasteiger charge is 2.50. The quantitative estimate of drug-likeness (QED) is 0.0844. The largest absolute Gasteiger partial charge is 0.507 e. The lowest BCUT2D eigenvalue weighted by Crippen LogP contribution is -2.60. The molecule has 5 bridgehead atoms. The number of hydrazone groups is 1. The van der Waals surface area contributed by atoms with Gasteiger partial charge in [-0.2, -0.15) is 5.10 Å². The molecule has 5 aliphatic heterocycles. The van der Waals surface area contributed by atoms with Crippen molar-refractivity contribution in [3.8, 4) is 23.0 Å². The molecule has 16 nitrogen and oxygen atoms in total. The predicted octanol–water partition coefficient (Wildman–Crippen LogP) is 6.43. The minimum absolute atomic E-state index is 0.0681. The van der Waals surface area contributed by atoms with Crippen molar-refractivity contribution in [1.82, 2.24) is 9.91 Å². The molecule has 3 fully saturated rings. The summed E-state index contributed by atoms with van der Waals surface area (Å²) in [5, 5.41) is 68.2. The molecule has 1 aliphatic carbocycles. The Morgan fingerprint density at radius 3 is 2.36 bits per heavy atom. The van der Waals surface area contributed by atoms with E-state index in [4.69, 9.17) is 24.0 Å². The van der Waals surface area contributed by atoms with E-state index in [-0.39, 0.29) is 44.5 Å². The summed E-state index contributed by atoms with van der Waals surface area (Å²) in [4.78, 5) is 43.6. The van der Waals surface area contributed by atoms with Gasteiger partial charge in [0.15, 0.2) is 5.75 Å². The Labute approximate surface area is 386 Å². The van der Waals surface area contributed by atoms with Gasteiger partial charge in [0.1, 0.15) is 23.4 Å². The van der Waals surface area contributed by atoms with Crippen LogP contribution in [0.15, 0.2) is 41.2 Å². The maximum Gasteiger partial charge on any atom is 0.312 e. The molecule has 66 heavy (non-hydrogen) atoms. The van der Waals surface area contributed by atoms with Crippen LogP contribution in [-0.2, 0) is 23.8 Å². The molecule has 6 N–H and O–H groups in total. The van der Waals surface area contributed by atoms with E-state index in [0.29, 0.717) is 25.2 Å². The number of amides is 1. The fourth-order valence-corrected chi connectivity index (χ4v) is 11.0. The van der Waals surface area contributed by atoms with Gasteiger partial charge in [0, 0.05) is 86.3 Å². The summed E-state index contributed by atoms with van der Waals surface area (Å²) in [7, 11) is 1.45. The van der Waals surface area contributed by atoms with E-state index in [1.165, 1.54) is 84.6 Å². The summed E-state index contributed by atoms with van der Waals surface area (Å²) in [6, 6.07) is 0.880. The number of aromatic hydroxyl groups is 3. The van der Waals surface area contributed by atoms with Gasteiger partial charge in [-0.1, -0.05) is 58.8 Å². The number of benzene rings is 2. The summed E-state index contributed by atoms with van der Waals surface area (Å²) >= 11 is 0. The first-order chi connectivity index (χ1) is 31.3. The lowest BCUT2D eigenvalue weighted by Gasteiger charge is -2.52. The van der Waals surface area contributed by atoms with Crippen LogP contribution in [0.3, 0.4) is 0 Å².